The second-order valence-electron chi connectivity index (χ2n) is 13.7. The SMILES string of the molecule is Cc1cc(O)cc(O[C@@H]2O[C@H](CO)[C@@H](O)[C@H](O)[C@H]2O)c1Cc1ccc(CCCC(=O)NC(C)(C)C(=O)N2CCNCC2)cc1Oc1ccccc1. The molecule has 7 N–H and O–H groups in total. The average Bonchev–Trinajstić information content (AvgIpc) is 3.11. The smallest absolute Gasteiger partial charge is 0.247 e. The van der Waals surface area contributed by atoms with Crippen LogP contribution in [0.4, 0.5) is 0 Å². The Kier molecular flexibility index (Phi) is 12.6. The molecule has 0 radical (unpaired) electrons. The van der Waals surface area contributed by atoms with Crippen LogP contribution >= 0.6 is 0 Å². The fourth-order valence-electron chi connectivity index (χ4n) is 6.37. The molecule has 0 unspecified atom stereocenters. The maximum atomic E-state index is 13.0. The molecule has 5 rings (SSSR count). The minimum absolute atomic E-state index is 0.0902. The number of benzene rings is 3. The first-order valence-corrected chi connectivity index (χ1v) is 17.3. The quantitative estimate of drug-likeness (QED) is 0.137. The number of carbonyl (C=O) groups excluding carboxylic acids is 2. The molecule has 2 fully saturated rings. The fourth-order valence-corrected chi connectivity index (χ4v) is 6.37. The number of aryl methyl sites for hydroxylation is 2. The molecule has 3 aromatic rings. The highest BCUT2D eigenvalue weighted by Crippen LogP contribution is 2.36. The predicted molar refractivity (Wildman–Crippen MR) is 188 cm³/mol. The maximum Gasteiger partial charge on any atom is 0.247 e. The summed E-state index contributed by atoms with van der Waals surface area (Å²) in [5.74, 6) is 0.976. The molecule has 276 valence electrons. The molecular formula is C38H49N3O10. The molecule has 13 heteroatoms. The summed E-state index contributed by atoms with van der Waals surface area (Å²) >= 11 is 0. The van der Waals surface area contributed by atoms with Crippen molar-refractivity contribution in [1.82, 2.24) is 15.5 Å². The average molecular weight is 708 g/mol. The third-order valence-electron chi connectivity index (χ3n) is 9.24. The van der Waals surface area contributed by atoms with E-state index in [1.54, 1.807) is 31.7 Å². The largest absolute Gasteiger partial charge is 0.508 e. The third-order valence-corrected chi connectivity index (χ3v) is 9.24. The number of nitrogens with zero attached hydrogens (tertiary/aromatic N) is 1. The molecule has 2 saturated heterocycles. The van der Waals surface area contributed by atoms with Crippen molar-refractivity contribution < 1.29 is 49.3 Å². The highest BCUT2D eigenvalue weighted by atomic mass is 16.7. The van der Waals surface area contributed by atoms with Crippen LogP contribution in [-0.2, 0) is 27.2 Å². The van der Waals surface area contributed by atoms with E-state index >= 15 is 0 Å². The third kappa shape index (κ3) is 9.56. The monoisotopic (exact) mass is 707 g/mol. The molecule has 2 aliphatic heterocycles. The minimum atomic E-state index is -1.63. The van der Waals surface area contributed by atoms with Gasteiger partial charge in [0.1, 0.15) is 53.0 Å². The van der Waals surface area contributed by atoms with Crippen LogP contribution < -0.4 is 20.1 Å². The number of aliphatic hydroxyl groups excluding tert-OH is 4. The van der Waals surface area contributed by atoms with Crippen molar-refractivity contribution in [3.63, 3.8) is 0 Å². The molecule has 2 amide bonds. The number of carbonyl (C=O) groups is 2. The Morgan fingerprint density at radius 3 is 2.41 bits per heavy atom. The van der Waals surface area contributed by atoms with Crippen LogP contribution in [0, 0.1) is 6.92 Å². The molecule has 13 nitrogen and oxygen atoms in total. The first-order chi connectivity index (χ1) is 24.4. The lowest BCUT2D eigenvalue weighted by molar-refractivity contribution is -0.277. The van der Waals surface area contributed by atoms with Crippen LogP contribution in [0.3, 0.4) is 0 Å². The van der Waals surface area contributed by atoms with Crippen LogP contribution in [0.25, 0.3) is 0 Å². The normalized spacial score (nSPS) is 22.3. The molecule has 3 aromatic carbocycles. The van der Waals surface area contributed by atoms with Crippen LogP contribution in [0.15, 0.2) is 60.7 Å². The van der Waals surface area contributed by atoms with Gasteiger partial charge in [-0.3, -0.25) is 9.59 Å². The lowest BCUT2D eigenvalue weighted by Crippen LogP contribution is -2.60. The van der Waals surface area contributed by atoms with Crippen LogP contribution in [-0.4, -0.2) is 111 Å². The van der Waals surface area contributed by atoms with E-state index in [1.807, 2.05) is 48.5 Å². The Morgan fingerprint density at radius 1 is 0.980 bits per heavy atom. The lowest BCUT2D eigenvalue weighted by Gasteiger charge is -2.39. The standard InChI is InChI=1S/C38H49N3O10/c1-23-18-26(43)21-30(50-36-35(47)34(46)33(45)31(22-42)51-36)28(23)20-25-13-12-24(19-29(25)49-27-9-5-4-6-10-27)8-7-11-32(44)40-38(2,3)37(48)41-16-14-39-15-17-41/h4-6,9-10,12-13,18-19,21,31,33-36,39,42-43,45-47H,7-8,11,14-17,20,22H2,1-3H3,(H,40,44)/t31-,33-,34+,35-,36-/m1/s1. The van der Waals surface area contributed by atoms with Gasteiger partial charge in [-0.15, -0.1) is 0 Å². The molecule has 0 aliphatic carbocycles. The van der Waals surface area contributed by atoms with Crippen molar-refractivity contribution >= 4 is 11.8 Å². The first kappa shape index (κ1) is 38.0. The van der Waals surface area contributed by atoms with Crippen molar-refractivity contribution in [3.8, 4) is 23.0 Å². The fraction of sp³-hybridized carbons (Fsp3) is 0.474. The molecule has 0 saturated carbocycles. The zero-order chi connectivity index (χ0) is 36.7. The summed E-state index contributed by atoms with van der Waals surface area (Å²) in [6, 6.07) is 18.0. The summed E-state index contributed by atoms with van der Waals surface area (Å²) in [5.41, 5.74) is 2.03. The van der Waals surface area contributed by atoms with E-state index in [4.69, 9.17) is 14.2 Å². The van der Waals surface area contributed by atoms with Gasteiger partial charge in [-0.1, -0.05) is 30.3 Å². The van der Waals surface area contributed by atoms with Crippen LogP contribution in [0.2, 0.25) is 0 Å². The highest BCUT2D eigenvalue weighted by Gasteiger charge is 2.45. The highest BCUT2D eigenvalue weighted by molar-refractivity contribution is 5.90. The minimum Gasteiger partial charge on any atom is -0.508 e. The van der Waals surface area contributed by atoms with Gasteiger partial charge in [0.2, 0.25) is 18.1 Å². The van der Waals surface area contributed by atoms with Gasteiger partial charge in [0.05, 0.1) is 6.61 Å². The van der Waals surface area contributed by atoms with Gasteiger partial charge in [0.15, 0.2) is 0 Å². The number of hydrogen-bond acceptors (Lipinski definition) is 11. The van der Waals surface area contributed by atoms with Gasteiger partial charge in [-0.05, 0) is 74.6 Å². The van der Waals surface area contributed by atoms with Crippen molar-refractivity contribution in [1.29, 1.82) is 0 Å². The number of hydrogen-bond donors (Lipinski definition) is 7. The number of phenolic OH excluding ortho intramolecular Hbond substituents is 1. The molecule has 51 heavy (non-hydrogen) atoms. The van der Waals surface area contributed by atoms with E-state index in [2.05, 4.69) is 10.6 Å². The van der Waals surface area contributed by atoms with E-state index in [1.165, 1.54) is 6.07 Å². The van der Waals surface area contributed by atoms with Crippen LogP contribution in [0.1, 0.15) is 48.9 Å². The van der Waals surface area contributed by atoms with Crippen molar-refractivity contribution in [3.05, 3.63) is 82.9 Å². The Balaban J connectivity index is 1.32. The zero-order valence-electron chi connectivity index (χ0n) is 29.2. The van der Waals surface area contributed by atoms with E-state index in [0.717, 1.165) is 24.2 Å². The van der Waals surface area contributed by atoms with Gasteiger partial charge in [-0.2, -0.15) is 0 Å². The van der Waals surface area contributed by atoms with E-state index in [0.29, 0.717) is 48.6 Å². The number of amides is 2. The van der Waals surface area contributed by atoms with Crippen LogP contribution in [0.5, 0.6) is 23.0 Å². The number of aromatic hydroxyl groups is 1. The Hall–Kier alpha value is -4.24. The van der Waals surface area contributed by atoms with E-state index < -0.39 is 42.9 Å². The van der Waals surface area contributed by atoms with Crippen molar-refractivity contribution in [2.45, 2.75) is 82.7 Å². The van der Waals surface area contributed by atoms with E-state index in [-0.39, 0.29) is 36.2 Å². The Morgan fingerprint density at radius 2 is 1.71 bits per heavy atom. The first-order valence-electron chi connectivity index (χ1n) is 17.3. The summed E-state index contributed by atoms with van der Waals surface area (Å²) in [4.78, 5) is 27.7. The van der Waals surface area contributed by atoms with Gasteiger partial charge < -0.3 is 55.3 Å². The van der Waals surface area contributed by atoms with Gasteiger partial charge in [-0.25, -0.2) is 0 Å². The maximum absolute atomic E-state index is 13.0. The summed E-state index contributed by atoms with van der Waals surface area (Å²) in [6.07, 6.45) is -5.76. The summed E-state index contributed by atoms with van der Waals surface area (Å²) in [5, 5.41) is 57.3. The van der Waals surface area contributed by atoms with Crippen molar-refractivity contribution in [2.24, 2.45) is 0 Å². The summed E-state index contributed by atoms with van der Waals surface area (Å²) in [7, 11) is 0. The van der Waals surface area contributed by atoms with Gasteiger partial charge in [0.25, 0.3) is 0 Å². The topological polar surface area (TPSA) is 190 Å². The zero-order valence-corrected chi connectivity index (χ0v) is 29.2. The molecule has 0 spiro atoms. The van der Waals surface area contributed by atoms with Crippen molar-refractivity contribution in [2.75, 3.05) is 32.8 Å². The molecule has 0 aromatic heterocycles. The molecule has 2 heterocycles. The summed E-state index contributed by atoms with van der Waals surface area (Å²) < 4.78 is 17.9. The molecule has 2 aliphatic rings. The molecule has 0 bridgehead atoms. The second-order valence-corrected chi connectivity index (χ2v) is 13.7. The Bertz CT molecular complexity index is 1640. The second kappa shape index (κ2) is 16.9. The Labute approximate surface area is 297 Å². The van der Waals surface area contributed by atoms with Gasteiger partial charge in [0, 0.05) is 50.7 Å². The number of para-hydroxylation sites is 1. The summed E-state index contributed by atoms with van der Waals surface area (Å²) in [6.45, 7) is 7.34. The molecular weight excluding hydrogens is 658 g/mol. The lowest BCUT2D eigenvalue weighted by atomic mass is 9.96. The number of piperazine rings is 1. The number of ether oxygens (including phenoxy) is 3. The van der Waals surface area contributed by atoms with E-state index in [9.17, 15) is 35.1 Å². The number of phenols is 1. The predicted octanol–water partition coefficient (Wildman–Crippen LogP) is 1.91. The molecule has 5 atom stereocenters. The number of aliphatic hydroxyl groups is 4. The number of nitrogens with one attached hydrogen (secondary N) is 2. The van der Waals surface area contributed by atoms with Gasteiger partial charge >= 0.3 is 0 Å². The number of rotatable bonds is 13.